The monoisotopic (exact) mass is 793 g/mol. The van der Waals surface area contributed by atoms with E-state index in [4.69, 9.17) is 14.7 Å². The van der Waals surface area contributed by atoms with E-state index >= 15 is 0 Å². The predicted octanol–water partition coefficient (Wildman–Crippen LogP) is 8.45. The van der Waals surface area contributed by atoms with E-state index in [1.807, 2.05) is 61.1 Å². The maximum absolute atomic E-state index is 13.8. The van der Waals surface area contributed by atoms with Gasteiger partial charge in [0.2, 0.25) is 11.8 Å². The van der Waals surface area contributed by atoms with Crippen molar-refractivity contribution in [2.75, 3.05) is 20.2 Å². The smallest absolute Gasteiger partial charge is 0.407 e. The van der Waals surface area contributed by atoms with E-state index in [0.29, 0.717) is 37.8 Å². The van der Waals surface area contributed by atoms with Crippen molar-refractivity contribution in [1.82, 2.24) is 34.5 Å². The van der Waals surface area contributed by atoms with Crippen LogP contribution in [0.2, 0.25) is 0 Å². The molecule has 302 valence electrons. The number of methoxy groups -OCH3 is 1. The van der Waals surface area contributed by atoms with Gasteiger partial charge in [0.1, 0.15) is 28.1 Å². The zero-order valence-corrected chi connectivity index (χ0v) is 35.1. The molecule has 2 fully saturated rings. The summed E-state index contributed by atoms with van der Waals surface area (Å²) in [4.78, 5) is 71.3. The Morgan fingerprint density at radius 3 is 2.14 bits per heavy atom. The average molecular weight is 794 g/mol. The second kappa shape index (κ2) is 16.4. The normalized spacial score (nSPS) is 20.9. The fourth-order valence-electron chi connectivity index (χ4n) is 8.51. The van der Waals surface area contributed by atoms with Gasteiger partial charge in [-0.15, -0.1) is 11.3 Å². The molecule has 13 heteroatoms. The van der Waals surface area contributed by atoms with E-state index in [9.17, 15) is 19.2 Å². The molecule has 6 atom stereocenters. The first kappa shape index (κ1) is 40.2. The molecule has 4 aromatic heterocycles. The van der Waals surface area contributed by atoms with E-state index in [2.05, 4.69) is 66.7 Å². The maximum atomic E-state index is 13.8. The number of pyridine rings is 1. The molecule has 2 N–H and O–H groups in total. The Labute approximate surface area is 338 Å². The van der Waals surface area contributed by atoms with Crippen LogP contribution >= 0.6 is 11.3 Å². The molecule has 0 bridgehead atoms. The third kappa shape index (κ3) is 8.21. The minimum atomic E-state index is -0.690. The van der Waals surface area contributed by atoms with E-state index < -0.39 is 12.1 Å². The quantitative estimate of drug-likeness (QED) is 0.129. The number of Topliss-reactive ketones (excluding diaryl/α,β-unsaturated/α-hetero) is 1. The van der Waals surface area contributed by atoms with Crippen LogP contribution in [0.3, 0.4) is 0 Å². The molecule has 1 aromatic carbocycles. The number of carbonyl (C=O) groups is 4. The standard InChI is InChI=1S/C44H55N7O5S/c1-9-31(52)18-32(24(2)3)42(53)51-21-27(7)17-36(51)40-46-33-19-37(57-41(33)48-40)29-12-10-28(11-13-29)30-14-15-38-45-34(23-49(38)22-30)35-16-26(6)20-50(35)43(54)39(25(4)5)47-44(55)56-8/h10-15,19,22-27,32,35-36,39H,9,16-18,20-21H2,1-8H3,(H,46,48)(H,47,55)/t26-,27-,32-,35-,36-,39-/m0/s1. The highest BCUT2D eigenvalue weighted by Crippen LogP contribution is 2.40. The van der Waals surface area contributed by atoms with E-state index in [1.54, 1.807) is 11.3 Å². The fourth-order valence-corrected chi connectivity index (χ4v) is 9.51. The van der Waals surface area contributed by atoms with Crippen LogP contribution < -0.4 is 5.32 Å². The third-order valence-corrected chi connectivity index (χ3v) is 12.8. The molecule has 6 heterocycles. The molecule has 0 saturated carbocycles. The van der Waals surface area contributed by atoms with E-state index in [-0.39, 0.29) is 47.4 Å². The zero-order chi connectivity index (χ0) is 40.7. The number of likely N-dealkylation sites (tertiary alicyclic amines) is 2. The first-order valence-corrected chi connectivity index (χ1v) is 21.1. The number of hydrogen-bond donors (Lipinski definition) is 2. The Morgan fingerprint density at radius 1 is 0.860 bits per heavy atom. The van der Waals surface area contributed by atoms with Crippen LogP contribution in [0.5, 0.6) is 0 Å². The number of benzene rings is 1. The Bertz CT molecular complexity index is 2240. The van der Waals surface area contributed by atoms with Crippen molar-refractivity contribution in [3.8, 4) is 21.6 Å². The van der Waals surface area contributed by atoms with Crippen LogP contribution in [0.4, 0.5) is 4.79 Å². The van der Waals surface area contributed by atoms with Gasteiger partial charge >= 0.3 is 6.09 Å². The number of alkyl carbamates (subject to hydrolysis) is 1. The molecule has 0 radical (unpaired) electrons. The average Bonchev–Trinajstić information content (AvgIpc) is 4.02. The van der Waals surface area contributed by atoms with Gasteiger partial charge in [0.15, 0.2) is 0 Å². The summed E-state index contributed by atoms with van der Waals surface area (Å²) in [5.41, 5.74) is 5.80. The summed E-state index contributed by atoms with van der Waals surface area (Å²) < 4.78 is 6.82. The summed E-state index contributed by atoms with van der Waals surface area (Å²) in [6.07, 6.45) is 5.84. The Balaban J connectivity index is 1.06. The molecule has 2 saturated heterocycles. The number of thiophene rings is 1. The van der Waals surface area contributed by atoms with Crippen molar-refractivity contribution < 1.29 is 23.9 Å². The lowest BCUT2D eigenvalue weighted by Gasteiger charge is -2.30. The van der Waals surface area contributed by atoms with Crippen molar-refractivity contribution in [2.45, 2.75) is 92.3 Å². The molecular weight excluding hydrogens is 739 g/mol. The van der Waals surface area contributed by atoms with Crippen LogP contribution in [0.15, 0.2) is 54.9 Å². The van der Waals surface area contributed by atoms with Crippen molar-refractivity contribution in [2.24, 2.45) is 29.6 Å². The van der Waals surface area contributed by atoms with E-state index in [0.717, 1.165) is 61.9 Å². The molecule has 12 nitrogen and oxygen atoms in total. The summed E-state index contributed by atoms with van der Waals surface area (Å²) in [6.45, 7) is 15.3. The van der Waals surface area contributed by atoms with Gasteiger partial charge < -0.3 is 29.2 Å². The SMILES string of the molecule is CCC(=O)C[C@H](C(=O)N1C[C@@H](C)C[C@H]1c1nc2sc(-c3ccc(-c4ccc5nc([C@@H]6C[C@H](C)CN6C(=O)[C@@H](NC(=O)OC)C(C)C)cn5c4)cc3)cc2[nH]1)C(C)C. The summed E-state index contributed by atoms with van der Waals surface area (Å²) in [5.74, 6) is 1.18. The molecule has 0 spiro atoms. The number of nitrogens with one attached hydrogen (secondary N) is 2. The van der Waals surface area contributed by atoms with Crippen molar-refractivity contribution in [3.05, 3.63) is 66.4 Å². The molecule has 2 aliphatic rings. The number of ketones is 1. The molecular formula is C44H55N7O5S. The second-order valence-corrected chi connectivity index (χ2v) is 17.9. The number of hydrogen-bond acceptors (Lipinski definition) is 8. The minimum absolute atomic E-state index is 0.0579. The van der Waals surface area contributed by atoms with Gasteiger partial charge in [-0.25, -0.2) is 14.8 Å². The van der Waals surface area contributed by atoms with Crippen LogP contribution in [-0.2, 0) is 19.1 Å². The molecule has 5 aromatic rings. The molecule has 0 aliphatic carbocycles. The highest BCUT2D eigenvalue weighted by atomic mass is 32.1. The van der Waals surface area contributed by atoms with Gasteiger partial charge in [0, 0.05) is 49.1 Å². The van der Waals surface area contributed by atoms with Crippen molar-refractivity contribution >= 4 is 51.0 Å². The molecule has 7 rings (SSSR count). The number of ether oxygens (including phenoxy) is 1. The number of H-pyrrole nitrogens is 1. The number of aromatic nitrogens is 4. The lowest BCUT2D eigenvalue weighted by atomic mass is 9.88. The Kier molecular flexibility index (Phi) is 11.6. The summed E-state index contributed by atoms with van der Waals surface area (Å²) in [6, 6.07) is 13.7. The summed E-state index contributed by atoms with van der Waals surface area (Å²) in [7, 11) is 1.30. The highest BCUT2D eigenvalue weighted by Gasteiger charge is 2.41. The van der Waals surface area contributed by atoms with Gasteiger partial charge in [-0.2, -0.15) is 0 Å². The molecule has 3 amide bonds. The number of imidazole rings is 2. The largest absolute Gasteiger partial charge is 0.453 e. The summed E-state index contributed by atoms with van der Waals surface area (Å²) >= 11 is 1.63. The lowest BCUT2D eigenvalue weighted by molar-refractivity contribution is -0.140. The zero-order valence-electron chi connectivity index (χ0n) is 34.2. The van der Waals surface area contributed by atoms with Crippen molar-refractivity contribution in [1.29, 1.82) is 0 Å². The number of nitrogens with zero attached hydrogens (tertiary/aromatic N) is 5. The highest BCUT2D eigenvalue weighted by molar-refractivity contribution is 7.21. The van der Waals surface area contributed by atoms with Crippen LogP contribution in [0, 0.1) is 29.6 Å². The molecule has 2 aliphatic heterocycles. The van der Waals surface area contributed by atoms with Gasteiger partial charge in [-0.3, -0.25) is 14.4 Å². The van der Waals surface area contributed by atoms with Crippen LogP contribution in [-0.4, -0.2) is 79.1 Å². The van der Waals surface area contributed by atoms with Crippen LogP contribution in [0.1, 0.15) is 97.8 Å². The van der Waals surface area contributed by atoms with Gasteiger partial charge in [0.05, 0.1) is 30.4 Å². The Morgan fingerprint density at radius 2 is 1.51 bits per heavy atom. The van der Waals surface area contributed by atoms with Crippen molar-refractivity contribution in [3.63, 3.8) is 0 Å². The second-order valence-electron chi connectivity index (χ2n) is 16.9. The number of carbonyl (C=O) groups excluding carboxylic acids is 4. The third-order valence-electron chi connectivity index (χ3n) is 11.8. The summed E-state index contributed by atoms with van der Waals surface area (Å²) in [5, 5.41) is 2.73. The number of rotatable bonds is 12. The lowest BCUT2D eigenvalue weighted by Crippen LogP contribution is -2.51. The number of amides is 3. The van der Waals surface area contributed by atoms with Gasteiger partial charge in [0.25, 0.3) is 0 Å². The maximum Gasteiger partial charge on any atom is 0.407 e. The topological polar surface area (TPSA) is 142 Å². The van der Waals surface area contributed by atoms with E-state index in [1.165, 1.54) is 7.11 Å². The molecule has 57 heavy (non-hydrogen) atoms. The van der Waals surface area contributed by atoms with Gasteiger partial charge in [-0.1, -0.05) is 72.7 Å². The Hall–Kier alpha value is -5.04. The first-order chi connectivity index (χ1) is 27.2. The number of aromatic amines is 1. The first-order valence-electron chi connectivity index (χ1n) is 20.3. The predicted molar refractivity (Wildman–Crippen MR) is 222 cm³/mol. The van der Waals surface area contributed by atoms with Gasteiger partial charge in [-0.05, 0) is 71.4 Å². The number of fused-ring (bicyclic) bond motifs is 2. The fraction of sp³-hybridized carbons (Fsp3) is 0.500. The minimum Gasteiger partial charge on any atom is -0.453 e. The molecule has 0 unspecified atom stereocenters. The van der Waals surface area contributed by atoms with Crippen LogP contribution in [0.25, 0.3) is 37.6 Å².